The van der Waals surface area contributed by atoms with E-state index < -0.39 is 0 Å². The number of ether oxygens (including phenoxy) is 1. The molecule has 3 heterocycles. The monoisotopic (exact) mass is 384 g/mol. The minimum Gasteiger partial charge on any atom is -0.376 e. The Morgan fingerprint density at radius 1 is 1.22 bits per heavy atom. The zero-order chi connectivity index (χ0) is 18.8. The number of fused-ring (bicyclic) bond motifs is 1. The fraction of sp³-hybridized carbons (Fsp3) is 0.350. The molecule has 6 nitrogen and oxygen atoms in total. The van der Waals surface area contributed by atoms with E-state index in [1.54, 1.807) is 23.5 Å². The Labute approximate surface area is 161 Å². The van der Waals surface area contributed by atoms with E-state index in [0.29, 0.717) is 29.8 Å². The molecule has 2 aromatic rings. The number of hydrogen-bond donors (Lipinski definition) is 1. The summed E-state index contributed by atoms with van der Waals surface area (Å²) in [6.45, 7) is 1.47. The summed E-state index contributed by atoms with van der Waals surface area (Å²) in [7, 11) is 0. The molecule has 7 heteroatoms. The van der Waals surface area contributed by atoms with Gasteiger partial charge in [0, 0.05) is 23.6 Å². The molecule has 3 amide bonds. The van der Waals surface area contributed by atoms with Gasteiger partial charge in [-0.2, -0.15) is 0 Å². The normalized spacial score (nSPS) is 18.8. The van der Waals surface area contributed by atoms with Gasteiger partial charge >= 0.3 is 0 Å². The second kappa shape index (κ2) is 7.62. The first-order valence-electron chi connectivity index (χ1n) is 9.06. The van der Waals surface area contributed by atoms with E-state index in [4.69, 9.17) is 4.74 Å². The molecule has 0 spiro atoms. The minimum absolute atomic E-state index is 0.0905. The smallest absolute Gasteiger partial charge is 0.261 e. The summed E-state index contributed by atoms with van der Waals surface area (Å²) < 4.78 is 5.54. The summed E-state index contributed by atoms with van der Waals surface area (Å²) >= 11 is 1.65. The first-order valence-corrected chi connectivity index (χ1v) is 9.94. The Morgan fingerprint density at radius 2 is 2.07 bits per heavy atom. The minimum atomic E-state index is -0.348. The van der Waals surface area contributed by atoms with Crippen LogP contribution < -0.4 is 5.32 Å². The Balaban J connectivity index is 1.42. The lowest BCUT2D eigenvalue weighted by molar-refractivity contribution is 0.0475. The van der Waals surface area contributed by atoms with Crippen LogP contribution in [-0.4, -0.2) is 48.4 Å². The maximum atomic E-state index is 12.7. The third-order valence-corrected chi connectivity index (χ3v) is 5.82. The van der Waals surface area contributed by atoms with Gasteiger partial charge in [0.1, 0.15) is 0 Å². The van der Waals surface area contributed by atoms with Crippen molar-refractivity contribution < 1.29 is 19.1 Å². The van der Waals surface area contributed by atoms with Crippen LogP contribution in [0.1, 0.15) is 48.8 Å². The maximum absolute atomic E-state index is 12.7. The highest BCUT2D eigenvalue weighted by atomic mass is 32.1. The zero-order valence-corrected chi connectivity index (χ0v) is 15.6. The molecule has 0 aliphatic carbocycles. The van der Waals surface area contributed by atoms with Gasteiger partial charge in [-0.05, 0) is 48.9 Å². The summed E-state index contributed by atoms with van der Waals surface area (Å²) in [5.41, 5.74) is 1.04. The third-order valence-electron chi connectivity index (χ3n) is 4.88. The van der Waals surface area contributed by atoms with E-state index in [2.05, 4.69) is 5.32 Å². The van der Waals surface area contributed by atoms with E-state index in [1.807, 2.05) is 17.5 Å². The number of carbonyl (C=O) groups excluding carboxylic acids is 3. The average molecular weight is 384 g/mol. The fourth-order valence-electron chi connectivity index (χ4n) is 3.45. The summed E-state index contributed by atoms with van der Waals surface area (Å²) in [6, 6.07) is 8.69. The molecule has 27 heavy (non-hydrogen) atoms. The summed E-state index contributed by atoms with van der Waals surface area (Å²) in [5, 5.41) is 4.86. The molecule has 0 bridgehead atoms. The quantitative estimate of drug-likeness (QED) is 0.777. The highest BCUT2D eigenvalue weighted by Crippen LogP contribution is 2.26. The van der Waals surface area contributed by atoms with Crippen LogP contribution in [0.4, 0.5) is 0 Å². The lowest BCUT2D eigenvalue weighted by atomic mass is 10.1. The van der Waals surface area contributed by atoms with Crippen molar-refractivity contribution in [2.75, 3.05) is 19.7 Å². The SMILES string of the molecule is O=C(NCCc1cccs1)c1ccc2c(c1)C(=O)N(CC1CCCO1)C2=O. The van der Waals surface area contributed by atoms with Crippen LogP contribution in [0, 0.1) is 0 Å². The molecule has 1 aromatic carbocycles. The number of nitrogens with zero attached hydrogens (tertiary/aromatic N) is 1. The van der Waals surface area contributed by atoms with Crippen LogP contribution >= 0.6 is 11.3 Å². The molecule has 140 valence electrons. The van der Waals surface area contributed by atoms with E-state index >= 15 is 0 Å². The molecule has 1 aromatic heterocycles. The number of thiophene rings is 1. The van der Waals surface area contributed by atoms with Crippen LogP contribution in [0.3, 0.4) is 0 Å². The third kappa shape index (κ3) is 3.65. The van der Waals surface area contributed by atoms with Crippen molar-refractivity contribution in [3.8, 4) is 0 Å². The Hall–Kier alpha value is -2.51. The second-order valence-electron chi connectivity index (χ2n) is 6.70. The number of nitrogens with one attached hydrogen (secondary N) is 1. The van der Waals surface area contributed by atoms with Crippen molar-refractivity contribution >= 4 is 29.1 Å². The highest BCUT2D eigenvalue weighted by Gasteiger charge is 2.37. The van der Waals surface area contributed by atoms with Gasteiger partial charge in [0.15, 0.2) is 0 Å². The topological polar surface area (TPSA) is 75.7 Å². The molecule has 1 N–H and O–H groups in total. The van der Waals surface area contributed by atoms with Crippen LogP contribution in [0.25, 0.3) is 0 Å². The number of carbonyl (C=O) groups is 3. The van der Waals surface area contributed by atoms with E-state index in [0.717, 1.165) is 19.3 Å². The van der Waals surface area contributed by atoms with Crippen molar-refractivity contribution in [3.63, 3.8) is 0 Å². The van der Waals surface area contributed by atoms with E-state index in [1.165, 1.54) is 15.8 Å². The Bertz CT molecular complexity index is 872. The van der Waals surface area contributed by atoms with Crippen molar-refractivity contribution in [3.05, 3.63) is 57.3 Å². The van der Waals surface area contributed by atoms with Gasteiger partial charge < -0.3 is 10.1 Å². The lowest BCUT2D eigenvalue weighted by Crippen LogP contribution is -2.36. The van der Waals surface area contributed by atoms with Gasteiger partial charge in [-0.3, -0.25) is 19.3 Å². The summed E-state index contributed by atoms with van der Waals surface area (Å²) in [6.07, 6.45) is 2.47. The van der Waals surface area contributed by atoms with Crippen LogP contribution in [-0.2, 0) is 11.2 Å². The Morgan fingerprint density at radius 3 is 2.81 bits per heavy atom. The molecular formula is C20H20N2O4S. The van der Waals surface area contributed by atoms with Gasteiger partial charge in [-0.25, -0.2) is 0 Å². The van der Waals surface area contributed by atoms with Gasteiger partial charge in [0.2, 0.25) is 0 Å². The van der Waals surface area contributed by atoms with Crippen molar-refractivity contribution in [1.29, 1.82) is 0 Å². The van der Waals surface area contributed by atoms with Crippen molar-refractivity contribution in [1.82, 2.24) is 10.2 Å². The van der Waals surface area contributed by atoms with Gasteiger partial charge in [-0.15, -0.1) is 11.3 Å². The molecule has 2 aliphatic heterocycles. The van der Waals surface area contributed by atoms with Gasteiger partial charge in [0.05, 0.1) is 23.8 Å². The van der Waals surface area contributed by atoms with Crippen LogP contribution in [0.15, 0.2) is 35.7 Å². The zero-order valence-electron chi connectivity index (χ0n) is 14.8. The molecule has 4 rings (SSSR count). The predicted molar refractivity (Wildman–Crippen MR) is 101 cm³/mol. The Kier molecular flexibility index (Phi) is 5.05. The molecule has 0 saturated carbocycles. The number of benzene rings is 1. The van der Waals surface area contributed by atoms with Gasteiger partial charge in [-0.1, -0.05) is 6.07 Å². The number of imide groups is 1. The van der Waals surface area contributed by atoms with Crippen LogP contribution in [0.2, 0.25) is 0 Å². The first-order chi connectivity index (χ1) is 13.1. The van der Waals surface area contributed by atoms with Crippen molar-refractivity contribution in [2.24, 2.45) is 0 Å². The molecule has 0 radical (unpaired) electrons. The average Bonchev–Trinajstić information content (AvgIpc) is 3.41. The number of hydrogen-bond acceptors (Lipinski definition) is 5. The number of rotatable bonds is 6. The summed E-state index contributed by atoms with van der Waals surface area (Å²) in [5.74, 6) is -0.902. The standard InChI is InChI=1S/C20H20N2O4S/c23-18(21-8-7-15-4-2-10-27-15)13-5-6-16-17(11-13)20(25)22(19(16)24)12-14-3-1-9-26-14/h2,4-6,10-11,14H,1,3,7-9,12H2,(H,21,23). The molecule has 2 aliphatic rings. The molecule has 1 atom stereocenters. The summed E-state index contributed by atoms with van der Waals surface area (Å²) in [4.78, 5) is 40.0. The van der Waals surface area contributed by atoms with Crippen LogP contribution in [0.5, 0.6) is 0 Å². The van der Waals surface area contributed by atoms with Gasteiger partial charge in [0.25, 0.3) is 17.7 Å². The first kappa shape index (κ1) is 17.9. The molecule has 1 fully saturated rings. The highest BCUT2D eigenvalue weighted by molar-refractivity contribution is 7.09. The predicted octanol–water partition coefficient (Wildman–Crippen LogP) is 2.50. The van der Waals surface area contributed by atoms with Crippen molar-refractivity contribution in [2.45, 2.75) is 25.4 Å². The largest absolute Gasteiger partial charge is 0.376 e. The second-order valence-corrected chi connectivity index (χ2v) is 7.73. The number of amides is 3. The molecular weight excluding hydrogens is 364 g/mol. The van der Waals surface area contributed by atoms with E-state index in [9.17, 15) is 14.4 Å². The van der Waals surface area contributed by atoms with E-state index in [-0.39, 0.29) is 30.4 Å². The lowest BCUT2D eigenvalue weighted by Gasteiger charge is -2.17. The fourth-order valence-corrected chi connectivity index (χ4v) is 4.15. The molecule has 1 saturated heterocycles. The molecule has 1 unspecified atom stereocenters. The maximum Gasteiger partial charge on any atom is 0.261 e.